The van der Waals surface area contributed by atoms with Crippen molar-refractivity contribution in [2.24, 2.45) is 11.8 Å². The van der Waals surface area contributed by atoms with Crippen LogP contribution in [-0.4, -0.2) is 46.8 Å². The number of rotatable bonds is 6. The summed E-state index contributed by atoms with van der Waals surface area (Å²) >= 11 is 0. The van der Waals surface area contributed by atoms with Crippen molar-refractivity contribution in [3.05, 3.63) is 59.7 Å². The number of fused-ring (bicyclic) bond motifs is 4. The van der Waals surface area contributed by atoms with Gasteiger partial charge in [-0.2, -0.15) is 0 Å². The molecule has 2 aromatic rings. The van der Waals surface area contributed by atoms with Crippen LogP contribution in [0.15, 0.2) is 48.5 Å². The maximum atomic E-state index is 13.7. The molecular formula is C24H23N3O6. The van der Waals surface area contributed by atoms with Crippen molar-refractivity contribution in [3.8, 4) is 5.75 Å². The number of nitrogens with zero attached hydrogens (tertiary/aromatic N) is 1. The third kappa shape index (κ3) is 3.11. The first-order chi connectivity index (χ1) is 15.9. The number of nitrogens with one attached hydrogen (secondary N) is 2. The fourth-order valence-electron chi connectivity index (χ4n) is 5.41. The summed E-state index contributed by atoms with van der Waals surface area (Å²) < 4.78 is 5.16. The Labute approximate surface area is 189 Å². The average molecular weight is 449 g/mol. The SMILES string of the molecule is COc1ccc(CN2C(=O)[C@H]3[C@H](CCC(=O)O)N[C@]4(C(=O)Nc5ccccc54)[C@@H]3C2=O)cc1. The van der Waals surface area contributed by atoms with Gasteiger partial charge < -0.3 is 15.2 Å². The molecule has 5 rings (SSSR count). The Morgan fingerprint density at radius 1 is 1.09 bits per heavy atom. The number of amides is 3. The standard InChI is InChI=1S/C24H23N3O6/c1-33-14-8-6-13(7-9-14)12-27-21(30)19-17(10-11-18(28)29)26-24(20(19)22(27)31)15-4-2-3-5-16(15)25-23(24)32/h2-9,17,19-20,26H,10-12H2,1H3,(H,25,32)(H,28,29)/t17-,19-,20-,24-/m0/s1. The van der Waals surface area contributed by atoms with Crippen LogP contribution in [0, 0.1) is 11.8 Å². The lowest BCUT2D eigenvalue weighted by Crippen LogP contribution is -2.53. The van der Waals surface area contributed by atoms with Crippen LogP contribution in [0.2, 0.25) is 0 Å². The summed E-state index contributed by atoms with van der Waals surface area (Å²) in [5, 5.41) is 15.3. The lowest BCUT2D eigenvalue weighted by atomic mass is 9.76. The molecule has 0 unspecified atom stereocenters. The maximum Gasteiger partial charge on any atom is 0.303 e. The molecule has 3 amide bonds. The molecule has 3 aliphatic rings. The largest absolute Gasteiger partial charge is 0.497 e. The molecule has 1 spiro atoms. The molecule has 3 aliphatic heterocycles. The van der Waals surface area contributed by atoms with Crippen molar-refractivity contribution in [1.82, 2.24) is 10.2 Å². The lowest BCUT2D eigenvalue weighted by Gasteiger charge is -2.29. The van der Waals surface area contributed by atoms with Gasteiger partial charge in [-0.25, -0.2) is 0 Å². The van der Waals surface area contributed by atoms with Gasteiger partial charge in [-0.15, -0.1) is 0 Å². The molecule has 0 aromatic heterocycles. The number of ether oxygens (including phenoxy) is 1. The highest BCUT2D eigenvalue weighted by atomic mass is 16.5. The molecule has 9 nitrogen and oxygen atoms in total. The topological polar surface area (TPSA) is 125 Å². The van der Waals surface area contributed by atoms with Gasteiger partial charge in [0.1, 0.15) is 11.3 Å². The fourth-order valence-corrected chi connectivity index (χ4v) is 5.41. The molecule has 2 saturated heterocycles. The number of benzene rings is 2. The molecule has 170 valence electrons. The molecule has 4 atom stereocenters. The van der Waals surface area contributed by atoms with E-state index in [9.17, 15) is 24.3 Å². The average Bonchev–Trinajstić information content (AvgIpc) is 3.39. The van der Waals surface area contributed by atoms with Gasteiger partial charge in [-0.05, 0) is 30.2 Å². The Balaban J connectivity index is 1.54. The molecule has 3 N–H and O–H groups in total. The van der Waals surface area contributed by atoms with Gasteiger partial charge in [0.15, 0.2) is 0 Å². The Morgan fingerprint density at radius 3 is 2.52 bits per heavy atom. The normalized spacial score (nSPS) is 27.6. The van der Waals surface area contributed by atoms with E-state index in [0.29, 0.717) is 17.0 Å². The van der Waals surface area contributed by atoms with E-state index in [1.54, 1.807) is 55.6 Å². The zero-order valence-corrected chi connectivity index (χ0v) is 17.9. The number of likely N-dealkylation sites (tertiary alicyclic amines) is 1. The van der Waals surface area contributed by atoms with E-state index >= 15 is 0 Å². The van der Waals surface area contributed by atoms with E-state index in [0.717, 1.165) is 5.56 Å². The van der Waals surface area contributed by atoms with E-state index in [-0.39, 0.29) is 19.4 Å². The number of aliphatic carboxylic acids is 1. The Morgan fingerprint density at radius 2 is 1.82 bits per heavy atom. The predicted molar refractivity (Wildman–Crippen MR) is 116 cm³/mol. The number of para-hydroxylation sites is 1. The quantitative estimate of drug-likeness (QED) is 0.571. The van der Waals surface area contributed by atoms with Crippen molar-refractivity contribution in [2.45, 2.75) is 31.0 Å². The zero-order valence-electron chi connectivity index (χ0n) is 17.9. The minimum absolute atomic E-state index is 0.0691. The van der Waals surface area contributed by atoms with E-state index in [2.05, 4.69) is 10.6 Å². The van der Waals surface area contributed by atoms with Crippen LogP contribution < -0.4 is 15.4 Å². The van der Waals surface area contributed by atoms with Crippen molar-refractivity contribution in [3.63, 3.8) is 0 Å². The molecule has 0 bridgehead atoms. The van der Waals surface area contributed by atoms with Crippen LogP contribution in [0.1, 0.15) is 24.0 Å². The van der Waals surface area contributed by atoms with Crippen LogP contribution in [0.5, 0.6) is 5.75 Å². The van der Waals surface area contributed by atoms with Crippen LogP contribution in [0.4, 0.5) is 5.69 Å². The predicted octanol–water partition coefficient (Wildman–Crippen LogP) is 1.48. The molecule has 0 aliphatic carbocycles. The molecule has 0 saturated carbocycles. The first-order valence-corrected chi connectivity index (χ1v) is 10.8. The van der Waals surface area contributed by atoms with Gasteiger partial charge in [0.2, 0.25) is 17.7 Å². The minimum atomic E-state index is -1.41. The summed E-state index contributed by atoms with van der Waals surface area (Å²) in [5.41, 5.74) is 0.529. The monoisotopic (exact) mass is 449 g/mol. The van der Waals surface area contributed by atoms with Crippen molar-refractivity contribution < 1.29 is 29.0 Å². The summed E-state index contributed by atoms with van der Waals surface area (Å²) in [6.45, 7) is 0.0691. The number of carbonyl (C=O) groups excluding carboxylic acids is 3. The van der Waals surface area contributed by atoms with Crippen LogP contribution in [0.25, 0.3) is 0 Å². The summed E-state index contributed by atoms with van der Waals surface area (Å²) in [4.78, 5) is 52.9. The number of carboxylic acids is 1. The molecule has 33 heavy (non-hydrogen) atoms. The number of hydrogen-bond acceptors (Lipinski definition) is 6. The first kappa shape index (κ1) is 21.1. The Bertz CT molecular complexity index is 1160. The molecule has 2 fully saturated rings. The number of carboxylic acid groups (broad SMARTS) is 1. The highest BCUT2D eigenvalue weighted by molar-refractivity contribution is 6.15. The van der Waals surface area contributed by atoms with Gasteiger partial charge in [-0.1, -0.05) is 30.3 Å². The van der Waals surface area contributed by atoms with Crippen molar-refractivity contribution >= 4 is 29.4 Å². The third-order valence-electron chi connectivity index (χ3n) is 6.88. The number of carbonyl (C=O) groups is 4. The second-order valence-electron chi connectivity index (χ2n) is 8.61. The molecular weight excluding hydrogens is 426 g/mol. The van der Waals surface area contributed by atoms with Gasteiger partial charge in [0.05, 0.1) is 25.5 Å². The summed E-state index contributed by atoms with van der Waals surface area (Å²) in [5.74, 6) is -3.35. The van der Waals surface area contributed by atoms with Gasteiger partial charge in [0.25, 0.3) is 0 Å². The minimum Gasteiger partial charge on any atom is -0.497 e. The highest BCUT2D eigenvalue weighted by Crippen LogP contribution is 2.53. The van der Waals surface area contributed by atoms with E-state index < -0.39 is 47.1 Å². The second kappa shape index (κ2) is 7.70. The third-order valence-corrected chi connectivity index (χ3v) is 6.88. The fraction of sp³-hybridized carbons (Fsp3) is 0.333. The van der Waals surface area contributed by atoms with Crippen molar-refractivity contribution in [2.75, 3.05) is 12.4 Å². The maximum absolute atomic E-state index is 13.7. The van der Waals surface area contributed by atoms with Gasteiger partial charge in [-0.3, -0.25) is 29.4 Å². The van der Waals surface area contributed by atoms with Crippen molar-refractivity contribution in [1.29, 1.82) is 0 Å². The molecule has 3 heterocycles. The molecule has 9 heteroatoms. The van der Waals surface area contributed by atoms with Gasteiger partial charge in [0, 0.05) is 23.7 Å². The molecule has 0 radical (unpaired) electrons. The van der Waals surface area contributed by atoms with Crippen LogP contribution in [0.3, 0.4) is 0 Å². The number of anilines is 1. The summed E-state index contributed by atoms with van der Waals surface area (Å²) in [6.07, 6.45) is -0.0523. The molecule has 2 aromatic carbocycles. The van der Waals surface area contributed by atoms with Crippen LogP contribution >= 0.6 is 0 Å². The number of hydrogen-bond donors (Lipinski definition) is 3. The summed E-state index contributed by atoms with van der Waals surface area (Å²) in [6, 6.07) is 13.5. The van der Waals surface area contributed by atoms with Gasteiger partial charge >= 0.3 is 5.97 Å². The second-order valence-corrected chi connectivity index (χ2v) is 8.61. The first-order valence-electron chi connectivity index (χ1n) is 10.8. The van der Waals surface area contributed by atoms with E-state index in [1.807, 2.05) is 0 Å². The van der Waals surface area contributed by atoms with E-state index in [1.165, 1.54) is 4.90 Å². The Hall–Kier alpha value is -3.72. The Kier molecular flexibility index (Phi) is 4.93. The van der Waals surface area contributed by atoms with E-state index in [4.69, 9.17) is 4.74 Å². The highest BCUT2D eigenvalue weighted by Gasteiger charge is 2.70. The van der Waals surface area contributed by atoms with Crippen LogP contribution in [-0.2, 0) is 31.3 Å². The zero-order chi connectivity index (χ0) is 23.3. The smallest absolute Gasteiger partial charge is 0.303 e. The lowest BCUT2D eigenvalue weighted by molar-refractivity contribution is -0.144. The summed E-state index contributed by atoms with van der Waals surface area (Å²) in [7, 11) is 1.55. The number of methoxy groups -OCH3 is 1. The number of imide groups is 1.